The van der Waals surface area contributed by atoms with Crippen LogP contribution < -0.4 is 10.2 Å². The molecule has 2 heterocycles. The van der Waals surface area contributed by atoms with Crippen LogP contribution in [0.4, 0.5) is 5.82 Å². The maximum atomic E-state index is 4.89. The summed E-state index contributed by atoms with van der Waals surface area (Å²) >= 11 is 0. The maximum Gasteiger partial charge on any atom is 0.132 e. The number of anilines is 1. The van der Waals surface area contributed by atoms with Crippen molar-refractivity contribution >= 4 is 16.7 Å². The summed E-state index contributed by atoms with van der Waals surface area (Å²) in [7, 11) is 0. The lowest BCUT2D eigenvalue weighted by Crippen LogP contribution is -2.38. The molecule has 0 spiro atoms. The van der Waals surface area contributed by atoms with E-state index in [1.807, 2.05) is 0 Å². The number of rotatable bonds is 4. The fraction of sp³-hybridized carbons (Fsp3) is 0.471. The Bertz CT molecular complexity index is 588. The van der Waals surface area contributed by atoms with Gasteiger partial charge in [0, 0.05) is 24.5 Å². The number of aryl methyl sites for hydroxylation is 1. The Balaban J connectivity index is 1.91. The number of benzene rings is 1. The van der Waals surface area contributed by atoms with E-state index in [4.69, 9.17) is 4.98 Å². The molecule has 0 amide bonds. The van der Waals surface area contributed by atoms with Crippen molar-refractivity contribution in [1.29, 1.82) is 0 Å². The van der Waals surface area contributed by atoms with Crippen molar-refractivity contribution in [2.45, 2.75) is 32.7 Å². The molecule has 0 saturated carbocycles. The Morgan fingerprint density at radius 3 is 2.95 bits per heavy atom. The van der Waals surface area contributed by atoms with Gasteiger partial charge in [-0.3, -0.25) is 0 Å². The second kappa shape index (κ2) is 5.80. The zero-order valence-electron chi connectivity index (χ0n) is 12.4. The Labute approximate surface area is 121 Å². The van der Waals surface area contributed by atoms with Crippen LogP contribution in [0.25, 0.3) is 10.9 Å². The summed E-state index contributed by atoms with van der Waals surface area (Å²) < 4.78 is 0. The first-order valence-electron chi connectivity index (χ1n) is 7.62. The molecule has 3 rings (SSSR count). The molecule has 1 fully saturated rings. The highest BCUT2D eigenvalue weighted by Crippen LogP contribution is 2.23. The molecule has 2 aromatic rings. The molecule has 1 aliphatic rings. The van der Waals surface area contributed by atoms with Gasteiger partial charge in [-0.2, -0.15) is 0 Å². The lowest BCUT2D eigenvalue weighted by atomic mass is 10.1. The van der Waals surface area contributed by atoms with Crippen LogP contribution in [-0.4, -0.2) is 30.7 Å². The van der Waals surface area contributed by atoms with E-state index in [1.165, 1.54) is 23.8 Å². The zero-order chi connectivity index (χ0) is 13.9. The van der Waals surface area contributed by atoms with Crippen LogP contribution in [0, 0.1) is 6.92 Å². The van der Waals surface area contributed by atoms with Crippen LogP contribution >= 0.6 is 0 Å². The van der Waals surface area contributed by atoms with E-state index in [2.05, 4.69) is 54.4 Å². The van der Waals surface area contributed by atoms with Crippen molar-refractivity contribution in [1.82, 2.24) is 10.3 Å². The third-order valence-corrected chi connectivity index (χ3v) is 4.17. The summed E-state index contributed by atoms with van der Waals surface area (Å²) in [5.41, 5.74) is 2.36. The number of hydrogen-bond acceptors (Lipinski definition) is 3. The molecule has 0 radical (unpaired) electrons. The average molecular weight is 269 g/mol. The molecule has 3 nitrogen and oxygen atoms in total. The molecule has 1 aromatic heterocycles. The monoisotopic (exact) mass is 269 g/mol. The van der Waals surface area contributed by atoms with Gasteiger partial charge in [0.15, 0.2) is 0 Å². The highest BCUT2D eigenvalue weighted by molar-refractivity contribution is 5.81. The number of fused-ring (bicyclic) bond motifs is 1. The first-order valence-corrected chi connectivity index (χ1v) is 7.62. The SMILES string of the molecule is CCN(CC1CCCN1)c1nc2ccccc2cc1C. The zero-order valence-corrected chi connectivity index (χ0v) is 12.4. The molecule has 0 bridgehead atoms. The van der Waals surface area contributed by atoms with Gasteiger partial charge < -0.3 is 10.2 Å². The third kappa shape index (κ3) is 2.63. The Hall–Kier alpha value is -1.61. The number of nitrogens with one attached hydrogen (secondary N) is 1. The molecule has 3 heteroatoms. The van der Waals surface area contributed by atoms with Gasteiger partial charge in [0.05, 0.1) is 5.52 Å². The van der Waals surface area contributed by atoms with Gasteiger partial charge in [0.25, 0.3) is 0 Å². The molecule has 0 aliphatic carbocycles. The molecule has 1 unspecified atom stereocenters. The minimum Gasteiger partial charge on any atom is -0.355 e. The predicted molar refractivity (Wildman–Crippen MR) is 85.4 cm³/mol. The van der Waals surface area contributed by atoms with Crippen molar-refractivity contribution in [3.63, 3.8) is 0 Å². The van der Waals surface area contributed by atoms with Crippen LogP contribution in [0.2, 0.25) is 0 Å². The van der Waals surface area contributed by atoms with Crippen molar-refractivity contribution in [2.75, 3.05) is 24.5 Å². The fourth-order valence-corrected chi connectivity index (χ4v) is 3.08. The maximum absolute atomic E-state index is 4.89. The molecule has 1 atom stereocenters. The summed E-state index contributed by atoms with van der Waals surface area (Å²) in [5.74, 6) is 1.14. The molecule has 1 aliphatic heterocycles. The first kappa shape index (κ1) is 13.4. The quantitative estimate of drug-likeness (QED) is 0.924. The Morgan fingerprint density at radius 2 is 2.20 bits per heavy atom. The van der Waals surface area contributed by atoms with E-state index in [0.717, 1.165) is 31.0 Å². The second-order valence-electron chi connectivity index (χ2n) is 5.65. The number of aromatic nitrogens is 1. The lowest BCUT2D eigenvalue weighted by molar-refractivity contribution is 0.583. The smallest absolute Gasteiger partial charge is 0.132 e. The summed E-state index contributed by atoms with van der Waals surface area (Å²) in [6.07, 6.45) is 2.58. The Kier molecular flexibility index (Phi) is 3.88. The van der Waals surface area contributed by atoms with Crippen LogP contribution in [0.15, 0.2) is 30.3 Å². The summed E-state index contributed by atoms with van der Waals surface area (Å²) in [4.78, 5) is 7.29. The van der Waals surface area contributed by atoms with Gasteiger partial charge >= 0.3 is 0 Å². The first-order chi connectivity index (χ1) is 9.78. The van der Waals surface area contributed by atoms with Crippen molar-refractivity contribution in [3.8, 4) is 0 Å². The summed E-state index contributed by atoms with van der Waals surface area (Å²) in [5, 5.41) is 4.80. The van der Waals surface area contributed by atoms with Crippen LogP contribution in [0.5, 0.6) is 0 Å². The van der Waals surface area contributed by atoms with Crippen molar-refractivity contribution in [2.24, 2.45) is 0 Å². The van der Waals surface area contributed by atoms with Crippen molar-refractivity contribution < 1.29 is 0 Å². The third-order valence-electron chi connectivity index (χ3n) is 4.17. The van der Waals surface area contributed by atoms with Crippen molar-refractivity contribution in [3.05, 3.63) is 35.9 Å². The Morgan fingerprint density at radius 1 is 1.35 bits per heavy atom. The standard InChI is InChI=1S/C17H23N3/c1-3-20(12-15-8-6-10-18-15)17-13(2)11-14-7-4-5-9-16(14)19-17/h4-5,7,9,11,15,18H,3,6,8,10,12H2,1-2H3. The van der Waals surface area contributed by atoms with E-state index in [1.54, 1.807) is 0 Å². The van der Waals surface area contributed by atoms with Crippen LogP contribution in [-0.2, 0) is 0 Å². The molecule has 106 valence electrons. The van der Waals surface area contributed by atoms with Gasteiger partial charge in [-0.1, -0.05) is 18.2 Å². The fourth-order valence-electron chi connectivity index (χ4n) is 3.08. The number of hydrogen-bond donors (Lipinski definition) is 1. The summed E-state index contributed by atoms with van der Waals surface area (Å²) in [6, 6.07) is 11.2. The molecule has 1 N–H and O–H groups in total. The molecule has 1 aromatic carbocycles. The molecular formula is C17H23N3. The minimum absolute atomic E-state index is 0.614. The van der Waals surface area contributed by atoms with E-state index in [-0.39, 0.29) is 0 Å². The lowest BCUT2D eigenvalue weighted by Gasteiger charge is -2.27. The van der Waals surface area contributed by atoms with Gasteiger partial charge in [-0.05, 0) is 50.9 Å². The largest absolute Gasteiger partial charge is 0.355 e. The normalized spacial score (nSPS) is 18.6. The predicted octanol–water partition coefficient (Wildman–Crippen LogP) is 3.12. The second-order valence-corrected chi connectivity index (χ2v) is 5.65. The van der Waals surface area contributed by atoms with Crippen LogP contribution in [0.1, 0.15) is 25.3 Å². The number of nitrogens with zero attached hydrogens (tertiary/aromatic N) is 2. The van der Waals surface area contributed by atoms with E-state index >= 15 is 0 Å². The number of pyridine rings is 1. The minimum atomic E-state index is 0.614. The highest BCUT2D eigenvalue weighted by atomic mass is 15.2. The number of likely N-dealkylation sites (N-methyl/N-ethyl adjacent to an activating group) is 1. The van der Waals surface area contributed by atoms with Gasteiger partial charge in [-0.25, -0.2) is 4.98 Å². The van der Waals surface area contributed by atoms with Crippen LogP contribution in [0.3, 0.4) is 0 Å². The van der Waals surface area contributed by atoms with Gasteiger partial charge in [0.2, 0.25) is 0 Å². The van der Waals surface area contributed by atoms with E-state index in [9.17, 15) is 0 Å². The highest BCUT2D eigenvalue weighted by Gasteiger charge is 2.19. The van der Waals surface area contributed by atoms with Gasteiger partial charge in [-0.15, -0.1) is 0 Å². The average Bonchev–Trinajstić information content (AvgIpc) is 2.97. The van der Waals surface area contributed by atoms with E-state index in [0.29, 0.717) is 6.04 Å². The van der Waals surface area contributed by atoms with E-state index < -0.39 is 0 Å². The summed E-state index contributed by atoms with van der Waals surface area (Å²) in [6.45, 7) is 7.60. The van der Waals surface area contributed by atoms with Gasteiger partial charge in [0.1, 0.15) is 5.82 Å². The molecule has 20 heavy (non-hydrogen) atoms. The molecule has 1 saturated heterocycles. The number of para-hydroxylation sites is 1. The molecular weight excluding hydrogens is 246 g/mol. The topological polar surface area (TPSA) is 28.2 Å².